The fourth-order valence-corrected chi connectivity index (χ4v) is 2.35. The highest BCUT2D eigenvalue weighted by Crippen LogP contribution is 2.14. The summed E-state index contributed by atoms with van der Waals surface area (Å²) in [7, 11) is 3.15. The Morgan fingerprint density at radius 3 is 2.37 bits per heavy atom. The van der Waals surface area contributed by atoms with Gasteiger partial charge in [-0.3, -0.25) is 14.4 Å². The van der Waals surface area contributed by atoms with Crippen LogP contribution in [0.25, 0.3) is 0 Å². The lowest BCUT2D eigenvalue weighted by molar-refractivity contribution is -0.136. The van der Waals surface area contributed by atoms with E-state index >= 15 is 0 Å². The predicted octanol–water partition coefficient (Wildman–Crippen LogP) is 1.42. The molecule has 1 rings (SSSR count). The zero-order valence-corrected chi connectivity index (χ0v) is 16.2. The number of benzene rings is 1. The molecule has 0 saturated heterocycles. The third-order valence-corrected chi connectivity index (χ3v) is 3.75. The topological polar surface area (TPSA) is 97.0 Å². The van der Waals surface area contributed by atoms with E-state index in [4.69, 9.17) is 9.47 Å². The normalized spacial score (nSPS) is 10.2. The van der Waals surface area contributed by atoms with E-state index in [0.29, 0.717) is 43.9 Å². The van der Waals surface area contributed by atoms with Gasteiger partial charge in [-0.2, -0.15) is 0 Å². The van der Waals surface area contributed by atoms with Crippen molar-refractivity contribution in [3.05, 3.63) is 24.3 Å². The molecule has 0 spiro atoms. The number of ether oxygens (including phenoxy) is 2. The van der Waals surface area contributed by atoms with E-state index in [1.54, 1.807) is 38.5 Å². The molecule has 0 aliphatic carbocycles. The molecule has 27 heavy (non-hydrogen) atoms. The molecule has 0 aliphatic heterocycles. The molecular weight excluding hydrogens is 350 g/mol. The number of rotatable bonds is 12. The summed E-state index contributed by atoms with van der Waals surface area (Å²) in [6, 6.07) is 6.87. The van der Waals surface area contributed by atoms with Crippen LogP contribution >= 0.6 is 0 Å². The number of carbonyl (C=O) groups excluding carboxylic acids is 3. The van der Waals surface area contributed by atoms with Crippen molar-refractivity contribution in [3.8, 4) is 5.75 Å². The Balaban J connectivity index is 2.44. The lowest BCUT2D eigenvalue weighted by atomic mass is 10.2. The lowest BCUT2D eigenvalue weighted by Crippen LogP contribution is -2.43. The second-order valence-electron chi connectivity index (χ2n) is 5.97. The van der Waals surface area contributed by atoms with E-state index in [2.05, 4.69) is 10.6 Å². The molecule has 0 bridgehead atoms. The summed E-state index contributed by atoms with van der Waals surface area (Å²) in [4.78, 5) is 37.7. The first-order chi connectivity index (χ1) is 13.0. The maximum Gasteiger partial charge on any atom is 0.243 e. The Hall–Kier alpha value is -2.61. The van der Waals surface area contributed by atoms with Crippen molar-refractivity contribution in [1.82, 2.24) is 10.2 Å². The van der Waals surface area contributed by atoms with Gasteiger partial charge in [-0.25, -0.2) is 0 Å². The lowest BCUT2D eigenvalue weighted by Gasteiger charge is -2.22. The number of nitrogens with zero attached hydrogens (tertiary/aromatic N) is 1. The van der Waals surface area contributed by atoms with Crippen molar-refractivity contribution in [2.24, 2.45) is 0 Å². The van der Waals surface area contributed by atoms with Gasteiger partial charge in [0.25, 0.3) is 0 Å². The molecule has 0 atom stereocenters. The number of anilines is 1. The number of hydrogen-bond acceptors (Lipinski definition) is 5. The molecule has 0 aliphatic rings. The molecule has 0 unspecified atom stereocenters. The van der Waals surface area contributed by atoms with Crippen molar-refractivity contribution >= 4 is 23.4 Å². The van der Waals surface area contributed by atoms with E-state index in [1.807, 2.05) is 6.92 Å². The highest BCUT2D eigenvalue weighted by Gasteiger charge is 2.16. The first kappa shape index (κ1) is 22.4. The minimum atomic E-state index is -0.373. The molecule has 1 aromatic rings. The van der Waals surface area contributed by atoms with Crippen LogP contribution in [0.5, 0.6) is 5.75 Å². The average Bonchev–Trinajstić information content (AvgIpc) is 2.66. The number of nitrogens with one attached hydrogen (secondary N) is 2. The Labute approximate surface area is 160 Å². The van der Waals surface area contributed by atoms with E-state index < -0.39 is 0 Å². The van der Waals surface area contributed by atoms with Crippen LogP contribution in [-0.2, 0) is 19.1 Å². The van der Waals surface area contributed by atoms with Crippen molar-refractivity contribution in [1.29, 1.82) is 0 Å². The zero-order valence-electron chi connectivity index (χ0n) is 16.2. The van der Waals surface area contributed by atoms with Gasteiger partial charge in [0.1, 0.15) is 5.75 Å². The Kier molecular flexibility index (Phi) is 10.5. The van der Waals surface area contributed by atoms with Gasteiger partial charge in [0.2, 0.25) is 17.7 Å². The van der Waals surface area contributed by atoms with Crippen molar-refractivity contribution < 1.29 is 23.9 Å². The van der Waals surface area contributed by atoms with Gasteiger partial charge in [-0.15, -0.1) is 0 Å². The van der Waals surface area contributed by atoms with Gasteiger partial charge in [0.15, 0.2) is 0 Å². The van der Waals surface area contributed by atoms with E-state index in [9.17, 15) is 14.4 Å². The fraction of sp³-hybridized carbons (Fsp3) is 0.526. The molecule has 2 N–H and O–H groups in total. The molecule has 150 valence electrons. The monoisotopic (exact) mass is 379 g/mol. The van der Waals surface area contributed by atoms with Crippen LogP contribution in [0.1, 0.15) is 26.2 Å². The van der Waals surface area contributed by atoms with E-state index in [0.717, 1.165) is 0 Å². The summed E-state index contributed by atoms with van der Waals surface area (Å²) in [6.07, 6.45) is 1.75. The summed E-state index contributed by atoms with van der Waals surface area (Å²) in [5.41, 5.74) is 0.606. The van der Waals surface area contributed by atoms with Gasteiger partial charge in [-0.05, 0) is 37.1 Å². The minimum absolute atomic E-state index is 0.0711. The van der Waals surface area contributed by atoms with Crippen LogP contribution in [0.4, 0.5) is 5.69 Å². The van der Waals surface area contributed by atoms with Gasteiger partial charge in [0.05, 0.1) is 20.2 Å². The first-order valence-electron chi connectivity index (χ1n) is 8.97. The summed E-state index contributed by atoms with van der Waals surface area (Å²) in [5, 5.41) is 5.22. The third-order valence-electron chi connectivity index (χ3n) is 3.75. The molecule has 0 radical (unpaired) electrons. The Morgan fingerprint density at radius 1 is 1.07 bits per heavy atom. The van der Waals surface area contributed by atoms with Crippen LogP contribution < -0.4 is 15.4 Å². The van der Waals surface area contributed by atoms with Gasteiger partial charge >= 0.3 is 0 Å². The summed E-state index contributed by atoms with van der Waals surface area (Å²) >= 11 is 0. The van der Waals surface area contributed by atoms with E-state index in [1.165, 1.54) is 4.90 Å². The molecule has 0 heterocycles. The molecule has 0 aromatic heterocycles. The molecule has 8 heteroatoms. The second-order valence-corrected chi connectivity index (χ2v) is 5.97. The Morgan fingerprint density at radius 2 is 1.78 bits per heavy atom. The predicted molar refractivity (Wildman–Crippen MR) is 103 cm³/mol. The highest BCUT2D eigenvalue weighted by molar-refractivity contribution is 5.95. The third kappa shape index (κ3) is 9.05. The van der Waals surface area contributed by atoms with Gasteiger partial charge in [0, 0.05) is 32.4 Å². The molecule has 3 amide bonds. The zero-order chi connectivity index (χ0) is 20.1. The minimum Gasteiger partial charge on any atom is -0.497 e. The molecule has 0 fully saturated rings. The fourth-order valence-electron chi connectivity index (χ4n) is 2.35. The number of amides is 3. The SMILES string of the molecule is CCCC(=O)N(CCCOC)CC(=O)NCC(=O)Nc1ccc(OC)cc1. The largest absolute Gasteiger partial charge is 0.497 e. The van der Waals surface area contributed by atoms with Crippen LogP contribution in [0, 0.1) is 0 Å². The second kappa shape index (κ2) is 12.7. The quantitative estimate of drug-likeness (QED) is 0.535. The van der Waals surface area contributed by atoms with Crippen LogP contribution in [0.3, 0.4) is 0 Å². The van der Waals surface area contributed by atoms with Crippen LogP contribution in [-0.4, -0.2) is 63.1 Å². The van der Waals surface area contributed by atoms with Crippen LogP contribution in [0.2, 0.25) is 0 Å². The highest BCUT2D eigenvalue weighted by atomic mass is 16.5. The summed E-state index contributed by atoms with van der Waals surface area (Å²) < 4.78 is 10.0. The van der Waals surface area contributed by atoms with Crippen molar-refractivity contribution in [2.45, 2.75) is 26.2 Å². The maximum absolute atomic E-state index is 12.1. The van der Waals surface area contributed by atoms with Crippen LogP contribution in [0.15, 0.2) is 24.3 Å². The van der Waals surface area contributed by atoms with Crippen molar-refractivity contribution in [3.63, 3.8) is 0 Å². The van der Waals surface area contributed by atoms with Crippen molar-refractivity contribution in [2.75, 3.05) is 45.8 Å². The molecule has 8 nitrogen and oxygen atoms in total. The van der Waals surface area contributed by atoms with E-state index in [-0.39, 0.29) is 30.8 Å². The molecule has 1 aromatic carbocycles. The first-order valence-corrected chi connectivity index (χ1v) is 8.97. The summed E-state index contributed by atoms with van der Waals surface area (Å²) in [5.74, 6) is -0.112. The van der Waals surface area contributed by atoms with Gasteiger partial charge in [-0.1, -0.05) is 6.92 Å². The molecule has 0 saturated carbocycles. The number of carbonyl (C=O) groups is 3. The standard InChI is InChI=1S/C19H29N3O5/c1-4-6-19(25)22(11-5-12-26-2)14-18(24)20-13-17(23)21-15-7-9-16(27-3)10-8-15/h7-10H,4-6,11-14H2,1-3H3,(H,20,24)(H,21,23). The van der Waals surface area contributed by atoms with Gasteiger partial charge < -0.3 is 25.0 Å². The number of hydrogen-bond donors (Lipinski definition) is 2. The number of methoxy groups -OCH3 is 2. The average molecular weight is 379 g/mol. The Bertz CT molecular complexity index is 604. The smallest absolute Gasteiger partial charge is 0.243 e. The maximum atomic E-state index is 12.1. The molecular formula is C19H29N3O5. The summed E-state index contributed by atoms with van der Waals surface area (Å²) in [6.45, 7) is 2.63.